The highest BCUT2D eigenvalue weighted by molar-refractivity contribution is 5.53. The van der Waals surface area contributed by atoms with E-state index < -0.39 is 0 Å². The zero-order chi connectivity index (χ0) is 13.0. The first-order valence-electron chi connectivity index (χ1n) is 6.96. The lowest BCUT2D eigenvalue weighted by atomic mass is 10.1. The molecule has 1 aromatic rings. The largest absolute Gasteiger partial charge is 0.369 e. The van der Waals surface area contributed by atoms with Crippen LogP contribution in [0.3, 0.4) is 0 Å². The summed E-state index contributed by atoms with van der Waals surface area (Å²) in [6, 6.07) is 8.51. The fourth-order valence-electron chi connectivity index (χ4n) is 2.68. The van der Waals surface area contributed by atoms with E-state index in [2.05, 4.69) is 47.9 Å². The highest BCUT2D eigenvalue weighted by Gasteiger charge is 2.18. The van der Waals surface area contributed by atoms with E-state index in [-0.39, 0.29) is 0 Å². The molecule has 0 bridgehead atoms. The van der Waals surface area contributed by atoms with Crippen molar-refractivity contribution in [1.29, 1.82) is 0 Å². The van der Waals surface area contributed by atoms with Gasteiger partial charge in [0.15, 0.2) is 0 Å². The molecule has 1 saturated heterocycles. The fourth-order valence-corrected chi connectivity index (χ4v) is 2.68. The predicted molar refractivity (Wildman–Crippen MR) is 77.8 cm³/mol. The van der Waals surface area contributed by atoms with Crippen LogP contribution in [-0.2, 0) is 6.54 Å². The summed E-state index contributed by atoms with van der Waals surface area (Å²) in [6.07, 6.45) is 0. The van der Waals surface area contributed by atoms with Crippen molar-refractivity contribution in [2.24, 2.45) is 11.7 Å². The van der Waals surface area contributed by atoms with Crippen molar-refractivity contribution in [3.05, 3.63) is 29.8 Å². The maximum absolute atomic E-state index is 5.81. The number of rotatable bonds is 4. The number of hydrogen-bond acceptors (Lipinski definition) is 3. The molecule has 0 radical (unpaired) electrons. The summed E-state index contributed by atoms with van der Waals surface area (Å²) in [4.78, 5) is 5.03. The summed E-state index contributed by atoms with van der Waals surface area (Å²) in [5.41, 5.74) is 8.40. The van der Waals surface area contributed by atoms with Gasteiger partial charge >= 0.3 is 0 Å². The molecule has 0 saturated carbocycles. The molecule has 18 heavy (non-hydrogen) atoms. The second-order valence-electron chi connectivity index (χ2n) is 5.51. The average Bonchev–Trinajstić information content (AvgIpc) is 2.39. The molecule has 1 aliphatic heterocycles. The molecular formula is C15H25N3. The highest BCUT2D eigenvalue weighted by Crippen LogP contribution is 2.21. The molecule has 1 heterocycles. The second kappa shape index (κ2) is 6.21. The van der Waals surface area contributed by atoms with Crippen molar-refractivity contribution in [1.82, 2.24) is 4.90 Å². The van der Waals surface area contributed by atoms with Crippen LogP contribution < -0.4 is 10.6 Å². The van der Waals surface area contributed by atoms with E-state index in [1.807, 2.05) is 0 Å². The molecule has 0 aliphatic carbocycles. The van der Waals surface area contributed by atoms with E-state index in [1.165, 1.54) is 17.8 Å². The summed E-state index contributed by atoms with van der Waals surface area (Å²) in [5.74, 6) is 0.757. The third-order valence-corrected chi connectivity index (χ3v) is 3.55. The van der Waals surface area contributed by atoms with Gasteiger partial charge in [-0.15, -0.1) is 0 Å². The first-order valence-corrected chi connectivity index (χ1v) is 6.96. The van der Waals surface area contributed by atoms with Crippen LogP contribution in [0.1, 0.15) is 19.4 Å². The van der Waals surface area contributed by atoms with E-state index in [4.69, 9.17) is 5.73 Å². The van der Waals surface area contributed by atoms with E-state index in [9.17, 15) is 0 Å². The Kier molecular flexibility index (Phi) is 4.61. The first-order chi connectivity index (χ1) is 8.70. The second-order valence-corrected chi connectivity index (χ2v) is 5.51. The number of para-hydroxylation sites is 1. The molecule has 0 spiro atoms. The third kappa shape index (κ3) is 3.24. The van der Waals surface area contributed by atoms with Crippen LogP contribution >= 0.6 is 0 Å². The van der Waals surface area contributed by atoms with Crippen LogP contribution in [0.5, 0.6) is 0 Å². The van der Waals surface area contributed by atoms with Gasteiger partial charge in [-0.05, 0) is 17.5 Å². The molecule has 0 atom stereocenters. The molecule has 100 valence electrons. The monoisotopic (exact) mass is 247 g/mol. The average molecular weight is 247 g/mol. The topological polar surface area (TPSA) is 32.5 Å². The van der Waals surface area contributed by atoms with Gasteiger partial charge in [-0.3, -0.25) is 4.90 Å². The normalized spacial score (nSPS) is 17.4. The smallest absolute Gasteiger partial charge is 0.0412 e. The summed E-state index contributed by atoms with van der Waals surface area (Å²) >= 11 is 0. The Labute approximate surface area is 111 Å². The van der Waals surface area contributed by atoms with Gasteiger partial charge in [0, 0.05) is 45.0 Å². The van der Waals surface area contributed by atoms with Gasteiger partial charge in [-0.1, -0.05) is 32.0 Å². The maximum Gasteiger partial charge on any atom is 0.0412 e. The van der Waals surface area contributed by atoms with Gasteiger partial charge in [-0.25, -0.2) is 0 Å². The van der Waals surface area contributed by atoms with E-state index in [1.54, 1.807) is 0 Å². The van der Waals surface area contributed by atoms with Crippen LogP contribution in [0.15, 0.2) is 24.3 Å². The third-order valence-electron chi connectivity index (χ3n) is 3.55. The maximum atomic E-state index is 5.81. The Hall–Kier alpha value is -1.06. The van der Waals surface area contributed by atoms with Gasteiger partial charge in [0.05, 0.1) is 0 Å². The number of anilines is 1. The minimum atomic E-state index is 0.627. The number of piperazine rings is 1. The van der Waals surface area contributed by atoms with Crippen LogP contribution in [0, 0.1) is 5.92 Å². The Morgan fingerprint density at radius 2 is 1.78 bits per heavy atom. The molecule has 1 fully saturated rings. The Morgan fingerprint density at radius 3 is 2.39 bits per heavy atom. The molecule has 0 unspecified atom stereocenters. The Bertz CT molecular complexity index is 368. The SMILES string of the molecule is CC(C)CN1CCN(c2ccccc2CN)CC1. The van der Waals surface area contributed by atoms with Crippen molar-refractivity contribution in [2.75, 3.05) is 37.6 Å². The number of nitrogens with zero attached hydrogens (tertiary/aromatic N) is 2. The first kappa shape index (κ1) is 13.4. The standard InChI is InChI=1S/C15H25N3/c1-13(2)12-17-7-9-18(10-8-17)15-6-4-3-5-14(15)11-16/h3-6,13H,7-12,16H2,1-2H3. The molecule has 2 rings (SSSR count). The molecule has 1 aromatic carbocycles. The molecule has 0 aromatic heterocycles. The fraction of sp³-hybridized carbons (Fsp3) is 0.600. The van der Waals surface area contributed by atoms with Crippen molar-refractivity contribution in [2.45, 2.75) is 20.4 Å². The summed E-state index contributed by atoms with van der Waals surface area (Å²) < 4.78 is 0. The summed E-state index contributed by atoms with van der Waals surface area (Å²) in [6.45, 7) is 11.0. The zero-order valence-corrected chi connectivity index (χ0v) is 11.6. The van der Waals surface area contributed by atoms with Crippen molar-refractivity contribution >= 4 is 5.69 Å². The Balaban J connectivity index is 1.97. The molecule has 1 aliphatic rings. The van der Waals surface area contributed by atoms with Crippen LogP contribution in [0.2, 0.25) is 0 Å². The molecule has 0 amide bonds. The highest BCUT2D eigenvalue weighted by atomic mass is 15.3. The van der Waals surface area contributed by atoms with Crippen molar-refractivity contribution < 1.29 is 0 Å². The summed E-state index contributed by atoms with van der Waals surface area (Å²) in [7, 11) is 0. The minimum Gasteiger partial charge on any atom is -0.369 e. The van der Waals surface area contributed by atoms with E-state index in [0.29, 0.717) is 6.54 Å². The molecule has 3 nitrogen and oxygen atoms in total. The molecular weight excluding hydrogens is 222 g/mol. The van der Waals surface area contributed by atoms with Crippen molar-refractivity contribution in [3.63, 3.8) is 0 Å². The van der Waals surface area contributed by atoms with E-state index >= 15 is 0 Å². The van der Waals surface area contributed by atoms with E-state index in [0.717, 1.165) is 32.1 Å². The van der Waals surface area contributed by atoms with Gasteiger partial charge in [-0.2, -0.15) is 0 Å². The van der Waals surface area contributed by atoms with Gasteiger partial charge in [0.1, 0.15) is 0 Å². The Morgan fingerprint density at radius 1 is 1.11 bits per heavy atom. The van der Waals surface area contributed by atoms with Crippen molar-refractivity contribution in [3.8, 4) is 0 Å². The van der Waals surface area contributed by atoms with Gasteiger partial charge in [0.25, 0.3) is 0 Å². The van der Waals surface area contributed by atoms with Gasteiger partial charge in [0.2, 0.25) is 0 Å². The number of hydrogen-bond donors (Lipinski definition) is 1. The quantitative estimate of drug-likeness (QED) is 0.882. The lowest BCUT2D eigenvalue weighted by Crippen LogP contribution is -2.47. The zero-order valence-electron chi connectivity index (χ0n) is 11.6. The molecule has 2 N–H and O–H groups in total. The minimum absolute atomic E-state index is 0.627. The number of benzene rings is 1. The lowest BCUT2D eigenvalue weighted by Gasteiger charge is -2.37. The predicted octanol–water partition coefficient (Wildman–Crippen LogP) is 1.92. The van der Waals surface area contributed by atoms with Gasteiger partial charge < -0.3 is 10.6 Å². The molecule has 3 heteroatoms. The van der Waals surface area contributed by atoms with Crippen LogP contribution in [0.25, 0.3) is 0 Å². The number of nitrogens with two attached hydrogens (primary N) is 1. The summed E-state index contributed by atoms with van der Waals surface area (Å²) in [5, 5.41) is 0. The van der Waals surface area contributed by atoms with Crippen LogP contribution in [0.4, 0.5) is 5.69 Å². The lowest BCUT2D eigenvalue weighted by molar-refractivity contribution is 0.231. The van der Waals surface area contributed by atoms with Crippen LogP contribution in [-0.4, -0.2) is 37.6 Å².